The topological polar surface area (TPSA) is 65.7 Å². The lowest BCUT2D eigenvalue weighted by atomic mass is 10.1. The van der Waals surface area contributed by atoms with Gasteiger partial charge >= 0.3 is 0 Å². The van der Waals surface area contributed by atoms with Gasteiger partial charge in [-0.1, -0.05) is 29.8 Å². The second-order valence-corrected chi connectivity index (χ2v) is 3.37. The minimum absolute atomic E-state index is 0.293. The van der Waals surface area contributed by atoms with Crippen LogP contribution >= 0.6 is 0 Å². The maximum absolute atomic E-state index is 11.4. The highest BCUT2D eigenvalue weighted by atomic mass is 16.1. The van der Waals surface area contributed by atoms with Crippen molar-refractivity contribution in [1.82, 2.24) is 10.2 Å². The maximum Gasteiger partial charge on any atom is 0.270 e. The van der Waals surface area contributed by atoms with Crippen molar-refractivity contribution in [2.45, 2.75) is 6.92 Å². The molecule has 4 nitrogen and oxygen atoms in total. The van der Waals surface area contributed by atoms with Crippen LogP contribution in [-0.2, 0) is 0 Å². The van der Waals surface area contributed by atoms with Crippen molar-refractivity contribution in [2.75, 3.05) is 0 Å². The largest absolute Gasteiger partial charge is 0.270 e. The predicted octanol–water partition coefficient (Wildman–Crippen LogP) is 1.04. The summed E-state index contributed by atoms with van der Waals surface area (Å²) in [5.41, 5.74) is 1.63. The van der Waals surface area contributed by atoms with Gasteiger partial charge in [0.15, 0.2) is 0 Å². The number of aromatic nitrogens is 2. The zero-order valence-corrected chi connectivity index (χ0v) is 8.20. The van der Waals surface area contributed by atoms with Crippen LogP contribution < -0.4 is 11.1 Å². The van der Waals surface area contributed by atoms with Crippen molar-refractivity contribution in [1.29, 1.82) is 0 Å². The Bertz CT molecular complexity index is 579. The van der Waals surface area contributed by atoms with Crippen LogP contribution in [0, 0.1) is 6.92 Å². The van der Waals surface area contributed by atoms with Gasteiger partial charge in [-0.15, -0.1) is 0 Å². The predicted molar refractivity (Wildman–Crippen MR) is 57.9 cm³/mol. The van der Waals surface area contributed by atoms with Gasteiger partial charge in [0, 0.05) is 6.07 Å². The first kappa shape index (κ1) is 9.45. The molecule has 0 amide bonds. The number of aromatic amines is 2. The lowest BCUT2D eigenvalue weighted by Crippen LogP contribution is -2.19. The fraction of sp³-hybridized carbons (Fsp3) is 0.0909. The van der Waals surface area contributed by atoms with Crippen LogP contribution in [0.1, 0.15) is 5.56 Å². The Morgan fingerprint density at radius 3 is 2.33 bits per heavy atom. The Morgan fingerprint density at radius 1 is 1.00 bits per heavy atom. The molecule has 0 aliphatic carbocycles. The van der Waals surface area contributed by atoms with Crippen molar-refractivity contribution in [3.8, 4) is 11.1 Å². The molecule has 2 rings (SSSR count). The molecule has 0 saturated heterocycles. The summed E-state index contributed by atoms with van der Waals surface area (Å²) in [5, 5.41) is 4.52. The van der Waals surface area contributed by atoms with Gasteiger partial charge in [0.25, 0.3) is 11.1 Å². The molecule has 0 aliphatic rings. The summed E-state index contributed by atoms with van der Waals surface area (Å²) in [4.78, 5) is 22.5. The summed E-state index contributed by atoms with van der Waals surface area (Å²) >= 11 is 0. The van der Waals surface area contributed by atoms with Crippen molar-refractivity contribution in [3.05, 3.63) is 56.6 Å². The average Bonchev–Trinajstić information content (AvgIpc) is 2.23. The first-order chi connectivity index (χ1) is 7.16. The normalized spacial score (nSPS) is 10.2. The molecule has 0 unspecified atom stereocenters. The van der Waals surface area contributed by atoms with E-state index in [0.29, 0.717) is 5.56 Å². The molecule has 0 aliphatic heterocycles. The average molecular weight is 202 g/mol. The van der Waals surface area contributed by atoms with Gasteiger partial charge in [-0.05, 0) is 12.5 Å². The lowest BCUT2D eigenvalue weighted by molar-refractivity contribution is 0.955. The third-order valence-electron chi connectivity index (χ3n) is 2.18. The van der Waals surface area contributed by atoms with Crippen molar-refractivity contribution in [3.63, 3.8) is 0 Å². The van der Waals surface area contributed by atoms with Crippen molar-refractivity contribution < 1.29 is 0 Å². The van der Waals surface area contributed by atoms with Crippen LogP contribution in [-0.4, -0.2) is 10.2 Å². The van der Waals surface area contributed by atoms with Gasteiger partial charge in [-0.25, -0.2) is 0 Å². The van der Waals surface area contributed by atoms with Crippen LogP contribution in [0.25, 0.3) is 11.1 Å². The standard InChI is InChI=1S/C11H10N2O2/c1-7-2-4-8(5-3-7)9-6-10(14)12-13-11(9)15/h2-6H,1H3,(H,12,14)(H,13,15). The van der Waals surface area contributed by atoms with Gasteiger partial charge in [-0.2, -0.15) is 0 Å². The highest BCUT2D eigenvalue weighted by Gasteiger charge is 2.02. The van der Waals surface area contributed by atoms with E-state index in [9.17, 15) is 9.59 Å². The van der Waals surface area contributed by atoms with Gasteiger partial charge in [0.05, 0.1) is 5.56 Å². The highest BCUT2D eigenvalue weighted by Crippen LogP contribution is 2.13. The number of hydrogen-bond donors (Lipinski definition) is 2. The zero-order valence-electron chi connectivity index (χ0n) is 8.20. The zero-order chi connectivity index (χ0) is 10.8. The number of benzene rings is 1. The second-order valence-electron chi connectivity index (χ2n) is 3.37. The van der Waals surface area contributed by atoms with Crippen molar-refractivity contribution >= 4 is 0 Å². The fourth-order valence-electron chi connectivity index (χ4n) is 1.37. The Morgan fingerprint density at radius 2 is 1.67 bits per heavy atom. The van der Waals surface area contributed by atoms with E-state index in [0.717, 1.165) is 11.1 Å². The quantitative estimate of drug-likeness (QED) is 0.725. The lowest BCUT2D eigenvalue weighted by Gasteiger charge is -1.99. The van der Waals surface area contributed by atoms with Crippen molar-refractivity contribution in [2.24, 2.45) is 0 Å². The smallest absolute Gasteiger partial charge is 0.268 e. The summed E-state index contributed by atoms with van der Waals surface area (Å²) in [6.07, 6.45) is 0. The van der Waals surface area contributed by atoms with E-state index in [1.807, 2.05) is 31.2 Å². The Balaban J connectivity index is 2.63. The molecule has 15 heavy (non-hydrogen) atoms. The van der Waals surface area contributed by atoms with Crippen LogP contribution in [0.2, 0.25) is 0 Å². The van der Waals surface area contributed by atoms with Gasteiger partial charge < -0.3 is 0 Å². The summed E-state index contributed by atoms with van der Waals surface area (Å²) in [5.74, 6) is 0. The van der Waals surface area contributed by atoms with E-state index in [1.54, 1.807) is 0 Å². The highest BCUT2D eigenvalue weighted by molar-refractivity contribution is 5.61. The molecule has 2 aromatic rings. The molecule has 1 aromatic heterocycles. The molecule has 4 heteroatoms. The first-order valence-corrected chi connectivity index (χ1v) is 4.56. The number of aryl methyl sites for hydroxylation is 1. The molecule has 0 saturated carbocycles. The summed E-state index contributed by atoms with van der Waals surface area (Å²) < 4.78 is 0. The summed E-state index contributed by atoms with van der Waals surface area (Å²) in [7, 11) is 0. The first-order valence-electron chi connectivity index (χ1n) is 4.56. The Labute approximate surface area is 85.6 Å². The monoisotopic (exact) mass is 202 g/mol. The van der Waals surface area contributed by atoms with Crippen LogP contribution in [0.3, 0.4) is 0 Å². The SMILES string of the molecule is Cc1ccc(-c2cc(=O)[nH][nH]c2=O)cc1. The molecule has 0 bridgehead atoms. The van der Waals surface area contributed by atoms with Crippen LogP contribution in [0.15, 0.2) is 39.9 Å². The van der Waals surface area contributed by atoms with E-state index in [1.165, 1.54) is 6.07 Å². The molecule has 0 radical (unpaired) electrons. The minimum atomic E-state index is -0.315. The van der Waals surface area contributed by atoms with Crippen LogP contribution in [0.5, 0.6) is 0 Å². The number of nitrogens with one attached hydrogen (secondary N) is 2. The van der Waals surface area contributed by atoms with Crippen LogP contribution in [0.4, 0.5) is 0 Å². The maximum atomic E-state index is 11.4. The molecule has 76 valence electrons. The number of hydrogen-bond acceptors (Lipinski definition) is 2. The van der Waals surface area contributed by atoms with Gasteiger partial charge in [-0.3, -0.25) is 19.8 Å². The number of H-pyrrole nitrogens is 2. The molecule has 1 aromatic carbocycles. The van der Waals surface area contributed by atoms with E-state index in [4.69, 9.17) is 0 Å². The molecule has 1 heterocycles. The molecule has 0 atom stereocenters. The minimum Gasteiger partial charge on any atom is -0.268 e. The molecule has 0 fully saturated rings. The molecular formula is C11H10N2O2. The molecular weight excluding hydrogens is 192 g/mol. The van der Waals surface area contributed by atoms with Gasteiger partial charge in [0.1, 0.15) is 0 Å². The molecule has 2 N–H and O–H groups in total. The Hall–Kier alpha value is -2.10. The molecule has 0 spiro atoms. The summed E-state index contributed by atoms with van der Waals surface area (Å²) in [6.45, 7) is 1.96. The Kier molecular flexibility index (Phi) is 2.25. The summed E-state index contributed by atoms with van der Waals surface area (Å²) in [6, 6.07) is 8.73. The van der Waals surface area contributed by atoms with E-state index in [2.05, 4.69) is 10.2 Å². The number of rotatable bonds is 1. The third-order valence-corrected chi connectivity index (χ3v) is 2.18. The fourth-order valence-corrected chi connectivity index (χ4v) is 1.37. The van der Waals surface area contributed by atoms with E-state index in [-0.39, 0.29) is 11.1 Å². The third kappa shape index (κ3) is 1.88. The van der Waals surface area contributed by atoms with E-state index < -0.39 is 0 Å². The second kappa shape index (κ2) is 3.57. The van der Waals surface area contributed by atoms with E-state index >= 15 is 0 Å². The van der Waals surface area contributed by atoms with Gasteiger partial charge in [0.2, 0.25) is 0 Å².